The van der Waals surface area contributed by atoms with Crippen LogP contribution in [0.15, 0.2) is 67.4 Å². The van der Waals surface area contributed by atoms with Crippen molar-refractivity contribution in [1.29, 1.82) is 0 Å². The number of rotatable bonds is 5. The highest BCUT2D eigenvalue weighted by molar-refractivity contribution is 5.91. The van der Waals surface area contributed by atoms with Crippen LogP contribution in [0, 0.1) is 0 Å². The first-order chi connectivity index (χ1) is 11.3. The number of hydrogen-bond acceptors (Lipinski definition) is 4. The molecule has 1 aromatic carbocycles. The first kappa shape index (κ1) is 14.6. The number of amides is 1. The van der Waals surface area contributed by atoms with E-state index in [2.05, 4.69) is 20.4 Å². The molecular weight excluding hydrogens is 290 g/mol. The molecule has 1 amide bonds. The Labute approximate surface area is 133 Å². The van der Waals surface area contributed by atoms with E-state index in [0.29, 0.717) is 12.4 Å². The molecule has 3 aromatic rings. The minimum atomic E-state index is -0.165. The quantitative estimate of drug-likeness (QED) is 0.732. The first-order valence-electron chi connectivity index (χ1n) is 7.13. The van der Waals surface area contributed by atoms with Crippen LogP contribution in [-0.4, -0.2) is 25.7 Å². The fourth-order valence-electron chi connectivity index (χ4n) is 2.07. The fraction of sp³-hybridized carbons (Fsp3) is 0.0588. The molecule has 0 aliphatic rings. The second-order valence-electron chi connectivity index (χ2n) is 4.79. The van der Waals surface area contributed by atoms with Gasteiger partial charge in [0, 0.05) is 24.4 Å². The summed E-state index contributed by atoms with van der Waals surface area (Å²) >= 11 is 0. The summed E-state index contributed by atoms with van der Waals surface area (Å²) in [6.07, 6.45) is 7.98. The van der Waals surface area contributed by atoms with Crippen LogP contribution in [0.1, 0.15) is 11.1 Å². The molecule has 6 heteroatoms. The third-order valence-corrected chi connectivity index (χ3v) is 3.18. The van der Waals surface area contributed by atoms with Crippen molar-refractivity contribution in [2.45, 2.75) is 6.54 Å². The third kappa shape index (κ3) is 3.88. The Balaban J connectivity index is 1.65. The van der Waals surface area contributed by atoms with Gasteiger partial charge in [-0.1, -0.05) is 36.4 Å². The van der Waals surface area contributed by atoms with Gasteiger partial charge in [-0.3, -0.25) is 4.79 Å². The minimum Gasteiger partial charge on any atom is -0.348 e. The van der Waals surface area contributed by atoms with E-state index in [0.717, 1.165) is 11.1 Å². The van der Waals surface area contributed by atoms with Crippen molar-refractivity contribution in [3.05, 3.63) is 78.5 Å². The number of pyridine rings is 1. The van der Waals surface area contributed by atoms with Crippen LogP contribution >= 0.6 is 0 Å². The average molecular weight is 305 g/mol. The standard InChI is InChI=1S/C17H15N5O/c23-16(9-8-14-5-2-1-3-6-14)20-11-15-7-4-10-19-17(15)22-13-18-12-21-22/h1-10,12-13H,11H2,(H,20,23)/b9-8-. The van der Waals surface area contributed by atoms with Gasteiger partial charge in [0.25, 0.3) is 0 Å². The second-order valence-corrected chi connectivity index (χ2v) is 4.79. The molecule has 6 nitrogen and oxygen atoms in total. The van der Waals surface area contributed by atoms with Gasteiger partial charge in [-0.05, 0) is 17.7 Å². The number of benzene rings is 1. The number of nitrogens with zero attached hydrogens (tertiary/aromatic N) is 4. The van der Waals surface area contributed by atoms with Gasteiger partial charge in [0.15, 0.2) is 5.82 Å². The maximum Gasteiger partial charge on any atom is 0.244 e. The fourth-order valence-corrected chi connectivity index (χ4v) is 2.07. The normalized spacial score (nSPS) is 10.8. The maximum absolute atomic E-state index is 11.9. The number of carbonyl (C=O) groups excluding carboxylic acids is 1. The Morgan fingerprint density at radius 2 is 2.04 bits per heavy atom. The van der Waals surface area contributed by atoms with Crippen molar-refractivity contribution in [2.75, 3.05) is 0 Å². The number of carbonyl (C=O) groups is 1. The lowest BCUT2D eigenvalue weighted by Gasteiger charge is -2.08. The molecule has 114 valence electrons. The van der Waals surface area contributed by atoms with Crippen molar-refractivity contribution in [3.8, 4) is 5.82 Å². The first-order valence-corrected chi connectivity index (χ1v) is 7.13. The molecule has 0 saturated carbocycles. The van der Waals surface area contributed by atoms with Crippen LogP contribution in [-0.2, 0) is 11.3 Å². The SMILES string of the molecule is O=C(/C=C\c1ccccc1)NCc1cccnc1-n1cncn1. The van der Waals surface area contributed by atoms with Crippen molar-refractivity contribution in [2.24, 2.45) is 0 Å². The van der Waals surface area contributed by atoms with Gasteiger partial charge >= 0.3 is 0 Å². The molecule has 0 spiro atoms. The third-order valence-electron chi connectivity index (χ3n) is 3.18. The van der Waals surface area contributed by atoms with Gasteiger partial charge in [0.1, 0.15) is 12.7 Å². The van der Waals surface area contributed by atoms with E-state index in [1.165, 1.54) is 12.4 Å². The molecule has 0 unspecified atom stereocenters. The smallest absolute Gasteiger partial charge is 0.244 e. The number of aromatic nitrogens is 4. The summed E-state index contributed by atoms with van der Waals surface area (Å²) in [7, 11) is 0. The summed E-state index contributed by atoms with van der Waals surface area (Å²) in [6.45, 7) is 0.362. The monoisotopic (exact) mass is 305 g/mol. The van der Waals surface area contributed by atoms with Gasteiger partial charge in [0.2, 0.25) is 5.91 Å². The van der Waals surface area contributed by atoms with Gasteiger partial charge in [-0.25, -0.2) is 14.6 Å². The highest BCUT2D eigenvalue weighted by Crippen LogP contribution is 2.09. The van der Waals surface area contributed by atoms with E-state index in [-0.39, 0.29) is 5.91 Å². The molecule has 0 aliphatic carbocycles. The Morgan fingerprint density at radius 3 is 2.83 bits per heavy atom. The molecule has 0 radical (unpaired) electrons. The van der Waals surface area contributed by atoms with Gasteiger partial charge in [-0.15, -0.1) is 0 Å². The highest BCUT2D eigenvalue weighted by atomic mass is 16.1. The summed E-state index contributed by atoms with van der Waals surface area (Å²) < 4.78 is 1.57. The van der Waals surface area contributed by atoms with Gasteiger partial charge in [0.05, 0.1) is 0 Å². The maximum atomic E-state index is 11.9. The summed E-state index contributed by atoms with van der Waals surface area (Å²) in [5, 5.41) is 6.91. The predicted octanol–water partition coefficient (Wildman–Crippen LogP) is 1.99. The molecule has 3 rings (SSSR count). The molecule has 1 N–H and O–H groups in total. The van der Waals surface area contributed by atoms with E-state index in [1.54, 1.807) is 23.3 Å². The molecule has 2 heterocycles. The average Bonchev–Trinajstić information content (AvgIpc) is 3.14. The Morgan fingerprint density at radius 1 is 1.17 bits per heavy atom. The molecule has 0 saturated heterocycles. The Bertz CT molecular complexity index is 797. The molecule has 0 atom stereocenters. The zero-order valence-corrected chi connectivity index (χ0v) is 12.3. The lowest BCUT2D eigenvalue weighted by molar-refractivity contribution is -0.116. The molecule has 0 fully saturated rings. The molecule has 2 aromatic heterocycles. The van der Waals surface area contributed by atoms with E-state index in [1.807, 2.05) is 42.5 Å². The largest absolute Gasteiger partial charge is 0.348 e. The molecule has 0 bridgehead atoms. The van der Waals surface area contributed by atoms with Crippen molar-refractivity contribution in [3.63, 3.8) is 0 Å². The zero-order valence-electron chi connectivity index (χ0n) is 12.3. The van der Waals surface area contributed by atoms with Gasteiger partial charge < -0.3 is 5.32 Å². The van der Waals surface area contributed by atoms with Crippen LogP contribution in [0.25, 0.3) is 11.9 Å². The van der Waals surface area contributed by atoms with Crippen LogP contribution in [0.5, 0.6) is 0 Å². The molecular formula is C17H15N5O. The summed E-state index contributed by atoms with van der Waals surface area (Å²) in [6, 6.07) is 13.4. The van der Waals surface area contributed by atoms with Crippen molar-refractivity contribution in [1.82, 2.24) is 25.1 Å². The lowest BCUT2D eigenvalue weighted by Crippen LogP contribution is -2.21. The molecule has 0 aliphatic heterocycles. The lowest BCUT2D eigenvalue weighted by atomic mass is 10.2. The van der Waals surface area contributed by atoms with Crippen molar-refractivity contribution >= 4 is 12.0 Å². The highest BCUT2D eigenvalue weighted by Gasteiger charge is 2.07. The van der Waals surface area contributed by atoms with E-state index in [4.69, 9.17) is 0 Å². The van der Waals surface area contributed by atoms with Crippen molar-refractivity contribution < 1.29 is 4.79 Å². The predicted molar refractivity (Wildman–Crippen MR) is 86.5 cm³/mol. The number of nitrogens with one attached hydrogen (secondary N) is 1. The Hall–Kier alpha value is -3.28. The Kier molecular flexibility index (Phi) is 4.54. The zero-order chi connectivity index (χ0) is 15.9. The number of hydrogen-bond donors (Lipinski definition) is 1. The summed E-state index contributed by atoms with van der Waals surface area (Å²) in [5.41, 5.74) is 1.84. The van der Waals surface area contributed by atoms with Gasteiger partial charge in [-0.2, -0.15) is 5.10 Å². The summed E-state index contributed by atoms with van der Waals surface area (Å²) in [5.74, 6) is 0.486. The van der Waals surface area contributed by atoms with E-state index >= 15 is 0 Å². The topological polar surface area (TPSA) is 72.7 Å². The van der Waals surface area contributed by atoms with Crippen LogP contribution in [0.4, 0.5) is 0 Å². The minimum absolute atomic E-state index is 0.165. The van der Waals surface area contributed by atoms with Crippen LogP contribution < -0.4 is 5.32 Å². The molecule has 23 heavy (non-hydrogen) atoms. The summed E-state index contributed by atoms with van der Waals surface area (Å²) in [4.78, 5) is 20.1. The second kappa shape index (κ2) is 7.13. The van der Waals surface area contributed by atoms with E-state index < -0.39 is 0 Å². The van der Waals surface area contributed by atoms with Crippen LogP contribution in [0.3, 0.4) is 0 Å². The van der Waals surface area contributed by atoms with Crippen LogP contribution in [0.2, 0.25) is 0 Å². The van der Waals surface area contributed by atoms with E-state index in [9.17, 15) is 4.79 Å².